The average molecular weight is 344 g/mol. The Kier molecular flexibility index (Phi) is 11.2. The fourth-order valence-electron chi connectivity index (χ4n) is 2.41. The van der Waals surface area contributed by atoms with Crippen LogP contribution in [0.15, 0.2) is 18.2 Å². The Morgan fingerprint density at radius 2 is 1.57 bits per heavy atom. The number of hydrogen-bond donors (Lipinski definition) is 2. The van der Waals surface area contributed by atoms with Gasteiger partial charge in [0.25, 0.3) is 0 Å². The Morgan fingerprint density at radius 3 is 2.14 bits per heavy atom. The second kappa shape index (κ2) is 11.7. The van der Waals surface area contributed by atoms with Gasteiger partial charge in [0.1, 0.15) is 11.3 Å². The minimum Gasteiger partial charge on any atom is -0.507 e. The second-order valence-corrected chi connectivity index (χ2v) is 5.34. The summed E-state index contributed by atoms with van der Waals surface area (Å²) >= 11 is 0. The molecule has 1 rings (SSSR count). The van der Waals surface area contributed by atoms with Crippen molar-refractivity contribution >= 4 is 5.97 Å². The third-order valence-electron chi connectivity index (χ3n) is 3.65. The molecule has 0 amide bonds. The third-order valence-corrected chi connectivity index (χ3v) is 3.65. The van der Waals surface area contributed by atoms with Crippen molar-refractivity contribution in [1.82, 2.24) is 0 Å². The van der Waals surface area contributed by atoms with E-state index >= 15 is 0 Å². The van der Waals surface area contributed by atoms with Gasteiger partial charge in [0.2, 0.25) is 0 Å². The van der Waals surface area contributed by atoms with Crippen LogP contribution in [0.5, 0.6) is 5.75 Å². The molecule has 4 heteroatoms. The fraction of sp³-hybridized carbons (Fsp3) is 0.588. The van der Waals surface area contributed by atoms with E-state index in [-0.39, 0.29) is 30.8 Å². The number of aryl methyl sites for hydroxylation is 1. The first kappa shape index (κ1) is 20.1. The summed E-state index contributed by atoms with van der Waals surface area (Å²) < 4.78 is 0. The molecule has 1 aromatic rings. The van der Waals surface area contributed by atoms with Gasteiger partial charge in [0, 0.05) is 19.5 Å². The van der Waals surface area contributed by atoms with Crippen molar-refractivity contribution in [2.75, 3.05) is 0 Å². The number of hydrogen-bond acceptors (Lipinski definition) is 2. The predicted octanol–water partition coefficient (Wildman–Crippen LogP) is 4.77. The molecule has 2 N–H and O–H groups in total. The Balaban J connectivity index is 0.00000400. The van der Waals surface area contributed by atoms with Gasteiger partial charge < -0.3 is 10.2 Å². The average Bonchev–Trinajstić information content (AvgIpc) is 2.43. The summed E-state index contributed by atoms with van der Waals surface area (Å²) in [4.78, 5) is 10.9. The number of aromatic hydroxyl groups is 1. The SMILES string of the molecule is CCCCCCCCCCc1cccc(C(=O)O)c1O.[Zn]. The molecule has 0 heterocycles. The minimum atomic E-state index is -1.07. The molecular formula is C17H26O3Zn. The number of carboxylic acids is 1. The quantitative estimate of drug-likeness (QED) is 0.475. The van der Waals surface area contributed by atoms with Crippen molar-refractivity contribution in [2.45, 2.75) is 64.7 Å². The van der Waals surface area contributed by atoms with E-state index in [1.165, 1.54) is 44.6 Å². The van der Waals surface area contributed by atoms with Crippen molar-refractivity contribution in [3.8, 4) is 5.75 Å². The van der Waals surface area contributed by atoms with E-state index in [0.29, 0.717) is 0 Å². The number of rotatable bonds is 10. The molecule has 0 fully saturated rings. The van der Waals surface area contributed by atoms with Gasteiger partial charge in [0.15, 0.2) is 0 Å². The molecule has 0 aliphatic rings. The Morgan fingerprint density at radius 1 is 1.00 bits per heavy atom. The van der Waals surface area contributed by atoms with E-state index < -0.39 is 5.97 Å². The van der Waals surface area contributed by atoms with Crippen molar-refractivity contribution in [3.05, 3.63) is 29.3 Å². The zero-order valence-corrected chi connectivity index (χ0v) is 16.1. The van der Waals surface area contributed by atoms with Gasteiger partial charge >= 0.3 is 5.97 Å². The molecule has 0 saturated heterocycles. The summed E-state index contributed by atoms with van der Waals surface area (Å²) in [6.07, 6.45) is 10.7. The molecule has 0 spiro atoms. The monoisotopic (exact) mass is 342 g/mol. The molecule has 0 aromatic heterocycles. The van der Waals surface area contributed by atoms with Crippen molar-refractivity contribution < 1.29 is 34.5 Å². The van der Waals surface area contributed by atoms with Gasteiger partial charge in [-0.15, -0.1) is 0 Å². The molecule has 0 aliphatic carbocycles. The first-order chi connectivity index (χ1) is 9.66. The zero-order valence-electron chi connectivity index (χ0n) is 13.1. The summed E-state index contributed by atoms with van der Waals surface area (Å²) in [6, 6.07) is 4.95. The van der Waals surface area contributed by atoms with E-state index in [1.54, 1.807) is 6.07 Å². The maximum absolute atomic E-state index is 10.9. The molecule has 21 heavy (non-hydrogen) atoms. The zero-order chi connectivity index (χ0) is 14.8. The van der Waals surface area contributed by atoms with Gasteiger partial charge in [-0.2, -0.15) is 0 Å². The topological polar surface area (TPSA) is 57.5 Å². The third kappa shape index (κ3) is 7.61. The number of para-hydroxylation sites is 1. The van der Waals surface area contributed by atoms with E-state index in [9.17, 15) is 9.90 Å². The summed E-state index contributed by atoms with van der Waals surface area (Å²) in [6.45, 7) is 2.22. The van der Waals surface area contributed by atoms with Gasteiger partial charge in [-0.1, -0.05) is 64.0 Å². The number of phenols is 1. The first-order valence-electron chi connectivity index (χ1n) is 7.71. The summed E-state index contributed by atoms with van der Waals surface area (Å²) in [7, 11) is 0. The van der Waals surface area contributed by atoms with Crippen LogP contribution in [-0.2, 0) is 25.9 Å². The summed E-state index contributed by atoms with van der Waals surface area (Å²) in [5.41, 5.74) is 0.748. The minimum absolute atomic E-state index is 0. The van der Waals surface area contributed by atoms with Gasteiger partial charge in [-0.25, -0.2) is 4.79 Å². The molecule has 114 valence electrons. The van der Waals surface area contributed by atoms with Crippen LogP contribution >= 0.6 is 0 Å². The molecule has 0 atom stereocenters. The Hall–Kier alpha value is -0.887. The standard InChI is InChI=1S/C17H26O3.Zn/c1-2-3-4-5-6-7-8-9-11-14-12-10-13-15(16(14)18)17(19)20;/h10,12-13,18H,2-9,11H2,1H3,(H,19,20);. The van der Waals surface area contributed by atoms with Gasteiger partial charge in [0.05, 0.1) is 0 Å². The second-order valence-electron chi connectivity index (χ2n) is 5.34. The van der Waals surface area contributed by atoms with E-state index in [1.807, 2.05) is 6.07 Å². The van der Waals surface area contributed by atoms with Crippen LogP contribution in [0.2, 0.25) is 0 Å². The molecule has 1 aromatic carbocycles. The predicted molar refractivity (Wildman–Crippen MR) is 81.4 cm³/mol. The maximum atomic E-state index is 10.9. The molecular weight excluding hydrogens is 318 g/mol. The van der Waals surface area contributed by atoms with E-state index in [2.05, 4.69) is 6.92 Å². The van der Waals surface area contributed by atoms with Gasteiger partial charge in [-0.05, 0) is 24.5 Å². The van der Waals surface area contributed by atoms with Crippen LogP contribution in [0.25, 0.3) is 0 Å². The summed E-state index contributed by atoms with van der Waals surface area (Å²) in [5, 5.41) is 18.8. The van der Waals surface area contributed by atoms with Crippen LogP contribution in [-0.4, -0.2) is 16.2 Å². The first-order valence-corrected chi connectivity index (χ1v) is 7.71. The maximum Gasteiger partial charge on any atom is 0.339 e. The number of aromatic carboxylic acids is 1. The molecule has 0 unspecified atom stereocenters. The fourth-order valence-corrected chi connectivity index (χ4v) is 2.41. The van der Waals surface area contributed by atoms with Crippen LogP contribution in [0, 0.1) is 0 Å². The number of unbranched alkanes of at least 4 members (excludes halogenated alkanes) is 7. The normalized spacial score (nSPS) is 10.1. The number of carbonyl (C=O) groups is 1. The largest absolute Gasteiger partial charge is 0.507 e. The van der Waals surface area contributed by atoms with Crippen LogP contribution < -0.4 is 0 Å². The van der Waals surface area contributed by atoms with Crippen molar-refractivity contribution in [1.29, 1.82) is 0 Å². The van der Waals surface area contributed by atoms with E-state index in [4.69, 9.17) is 5.11 Å². The molecule has 0 aliphatic heterocycles. The van der Waals surface area contributed by atoms with Crippen LogP contribution in [0.4, 0.5) is 0 Å². The smallest absolute Gasteiger partial charge is 0.339 e. The van der Waals surface area contributed by atoms with Crippen LogP contribution in [0.1, 0.15) is 74.2 Å². The van der Waals surface area contributed by atoms with Crippen molar-refractivity contribution in [2.24, 2.45) is 0 Å². The Labute approximate surface area is 140 Å². The number of carboxylic acid groups (broad SMARTS) is 1. The Bertz CT molecular complexity index is 418. The molecule has 0 saturated carbocycles. The van der Waals surface area contributed by atoms with Crippen molar-refractivity contribution in [3.63, 3.8) is 0 Å². The van der Waals surface area contributed by atoms with Crippen LogP contribution in [0.3, 0.4) is 0 Å². The molecule has 3 nitrogen and oxygen atoms in total. The number of benzene rings is 1. The van der Waals surface area contributed by atoms with Gasteiger partial charge in [-0.3, -0.25) is 0 Å². The van der Waals surface area contributed by atoms with E-state index in [0.717, 1.165) is 24.8 Å². The molecule has 0 radical (unpaired) electrons. The molecule has 0 bridgehead atoms. The summed E-state index contributed by atoms with van der Waals surface area (Å²) in [5.74, 6) is -1.14.